The van der Waals surface area contributed by atoms with Gasteiger partial charge in [-0.05, 0) is 74.8 Å². The fraction of sp³-hybridized carbons (Fsp3) is 0.533. The summed E-state index contributed by atoms with van der Waals surface area (Å²) in [5.74, 6) is 0.331. The second-order valence-electron chi connectivity index (χ2n) is 11.0. The average molecular weight is 506 g/mol. The maximum absolute atomic E-state index is 13.9. The van der Waals surface area contributed by atoms with Crippen molar-refractivity contribution in [3.8, 4) is 5.75 Å². The summed E-state index contributed by atoms with van der Waals surface area (Å²) in [6, 6.07) is 6.25. The van der Waals surface area contributed by atoms with Gasteiger partial charge in [-0.15, -0.1) is 0 Å². The number of hydrogen-bond donors (Lipinski definition) is 2. The number of methoxy groups -OCH3 is 1. The molecular weight excluding hydrogens is 466 g/mol. The molecule has 0 spiro atoms. The number of carbonyl (C=O) groups excluding carboxylic acids is 2. The number of anilines is 1. The Morgan fingerprint density at radius 3 is 2.43 bits per heavy atom. The van der Waals surface area contributed by atoms with Crippen molar-refractivity contribution in [1.29, 1.82) is 0 Å². The van der Waals surface area contributed by atoms with Crippen molar-refractivity contribution in [2.24, 2.45) is 11.8 Å². The predicted octanol–water partition coefficient (Wildman–Crippen LogP) is 4.61. The van der Waals surface area contributed by atoms with Crippen LogP contribution < -0.4 is 10.2 Å². The first-order valence-corrected chi connectivity index (χ1v) is 13.7. The Bertz CT molecular complexity index is 1090. The summed E-state index contributed by atoms with van der Waals surface area (Å²) in [6.45, 7) is 6.16. The Hall–Kier alpha value is -2.90. The molecule has 198 valence electrons. The van der Waals surface area contributed by atoms with Crippen LogP contribution in [0, 0.1) is 11.8 Å². The van der Waals surface area contributed by atoms with Crippen molar-refractivity contribution in [2.45, 2.75) is 82.5 Å². The summed E-state index contributed by atoms with van der Waals surface area (Å²) >= 11 is 0. The molecule has 2 amide bonds. The van der Waals surface area contributed by atoms with Crippen molar-refractivity contribution < 1.29 is 19.4 Å². The van der Waals surface area contributed by atoms with E-state index in [1.54, 1.807) is 7.11 Å². The van der Waals surface area contributed by atoms with Gasteiger partial charge < -0.3 is 15.3 Å². The molecule has 0 bridgehead atoms. The number of carbonyl (C=O) groups is 2. The number of nitrogens with zero attached hydrogens (tertiary/aromatic N) is 2. The van der Waals surface area contributed by atoms with Crippen LogP contribution in [-0.4, -0.2) is 58.2 Å². The minimum Gasteiger partial charge on any atom is -0.497 e. The van der Waals surface area contributed by atoms with Crippen LogP contribution in [0.25, 0.3) is 0 Å². The number of aliphatic hydroxyl groups excluding tert-OH is 1. The lowest BCUT2D eigenvalue weighted by Gasteiger charge is -2.42. The maximum Gasteiger partial charge on any atom is 0.249 e. The lowest BCUT2D eigenvalue weighted by molar-refractivity contribution is -0.143. The topological polar surface area (TPSA) is 82.1 Å². The van der Waals surface area contributed by atoms with E-state index in [-0.39, 0.29) is 17.9 Å². The number of likely N-dealkylation sites (tertiary alicyclic amines) is 1. The van der Waals surface area contributed by atoms with Gasteiger partial charge >= 0.3 is 0 Å². The molecule has 2 heterocycles. The Balaban J connectivity index is 1.45. The number of allylic oxidation sites excluding steroid dienone is 2. The van der Waals surface area contributed by atoms with Crippen molar-refractivity contribution in [3.05, 3.63) is 60.2 Å². The number of amides is 2. The Morgan fingerprint density at radius 1 is 1.08 bits per heavy atom. The van der Waals surface area contributed by atoms with Gasteiger partial charge in [0.25, 0.3) is 0 Å². The van der Waals surface area contributed by atoms with Gasteiger partial charge in [0.2, 0.25) is 11.8 Å². The van der Waals surface area contributed by atoms with E-state index in [4.69, 9.17) is 4.74 Å². The molecular formula is C30H39N3O4. The molecule has 1 aromatic carbocycles. The second-order valence-corrected chi connectivity index (χ2v) is 11.0. The van der Waals surface area contributed by atoms with Crippen LogP contribution in [0.5, 0.6) is 5.75 Å². The molecule has 5 atom stereocenters. The van der Waals surface area contributed by atoms with E-state index in [1.807, 2.05) is 41.4 Å². The van der Waals surface area contributed by atoms with E-state index >= 15 is 0 Å². The molecule has 1 saturated carbocycles. The Morgan fingerprint density at radius 2 is 1.81 bits per heavy atom. The van der Waals surface area contributed by atoms with E-state index < -0.39 is 24.1 Å². The molecule has 2 N–H and O–H groups in total. The quantitative estimate of drug-likeness (QED) is 0.416. The van der Waals surface area contributed by atoms with E-state index in [9.17, 15) is 14.7 Å². The molecule has 0 radical (unpaired) electrons. The minimum atomic E-state index is -0.791. The lowest BCUT2D eigenvalue weighted by atomic mass is 9.81. The van der Waals surface area contributed by atoms with Crippen LogP contribution in [0.2, 0.25) is 0 Å². The van der Waals surface area contributed by atoms with Crippen molar-refractivity contribution >= 4 is 17.5 Å². The van der Waals surface area contributed by atoms with E-state index in [2.05, 4.69) is 25.0 Å². The van der Waals surface area contributed by atoms with Crippen molar-refractivity contribution in [1.82, 2.24) is 9.91 Å². The van der Waals surface area contributed by atoms with Gasteiger partial charge in [-0.3, -0.25) is 14.5 Å². The molecule has 7 heteroatoms. The number of rotatable bonds is 7. The zero-order chi connectivity index (χ0) is 26.1. The molecule has 1 aromatic rings. The average Bonchev–Trinajstić information content (AvgIpc) is 3.19. The largest absolute Gasteiger partial charge is 0.497 e. The summed E-state index contributed by atoms with van der Waals surface area (Å²) < 4.78 is 5.29. The molecule has 1 saturated heterocycles. The van der Waals surface area contributed by atoms with Crippen molar-refractivity contribution in [3.63, 3.8) is 0 Å². The Labute approximate surface area is 219 Å². The third-order valence-corrected chi connectivity index (χ3v) is 8.62. The van der Waals surface area contributed by atoms with E-state index in [0.29, 0.717) is 5.92 Å². The zero-order valence-corrected chi connectivity index (χ0v) is 21.9. The highest BCUT2D eigenvalue weighted by molar-refractivity contribution is 6.08. The number of hydrazine groups is 1. The number of ether oxygens (including phenoxy) is 1. The van der Waals surface area contributed by atoms with Crippen LogP contribution >= 0.6 is 0 Å². The highest BCUT2D eigenvalue weighted by Crippen LogP contribution is 2.39. The van der Waals surface area contributed by atoms with Crippen LogP contribution in [0.3, 0.4) is 0 Å². The molecule has 4 aliphatic rings. The van der Waals surface area contributed by atoms with Crippen LogP contribution in [0.15, 0.2) is 60.2 Å². The minimum absolute atomic E-state index is 0.0286. The summed E-state index contributed by atoms with van der Waals surface area (Å²) in [6.07, 6.45) is 12.7. The summed E-state index contributed by atoms with van der Waals surface area (Å²) in [5, 5.41) is 13.4. The monoisotopic (exact) mass is 505 g/mol. The summed E-state index contributed by atoms with van der Waals surface area (Å²) in [5.41, 5.74) is 6.32. The molecule has 5 rings (SSSR count). The van der Waals surface area contributed by atoms with Crippen LogP contribution in [0.4, 0.5) is 5.69 Å². The standard InChI is InChI=1S/C30H39N3O4/c1-19(2)20-9-11-21(12-10-20)28(34)26-18-17-25-27(33(26)31-22-13-15-24(37-3)16-14-22)30(36)32(29(25)35)23-7-5-4-6-8-23/h11,13-18,20,23,25-28,31,34H,1,4-10,12H2,2-3H3/t20-,25?,26?,27?,28?/m1/s1. The van der Waals surface area contributed by atoms with Gasteiger partial charge in [0, 0.05) is 11.7 Å². The molecule has 4 unspecified atom stereocenters. The first kappa shape index (κ1) is 25.7. The summed E-state index contributed by atoms with van der Waals surface area (Å²) in [7, 11) is 1.62. The number of imide groups is 1. The fourth-order valence-corrected chi connectivity index (χ4v) is 6.40. The number of hydrogen-bond acceptors (Lipinski definition) is 6. The zero-order valence-electron chi connectivity index (χ0n) is 21.9. The normalized spacial score (nSPS) is 29.6. The highest BCUT2D eigenvalue weighted by Gasteiger charge is 2.55. The van der Waals surface area contributed by atoms with Gasteiger partial charge in [-0.25, -0.2) is 5.01 Å². The molecule has 0 aromatic heterocycles. The maximum atomic E-state index is 13.9. The molecule has 2 aliphatic heterocycles. The summed E-state index contributed by atoms with van der Waals surface area (Å²) in [4.78, 5) is 28.9. The third-order valence-electron chi connectivity index (χ3n) is 8.62. The van der Waals surface area contributed by atoms with Gasteiger partial charge in [-0.2, -0.15) is 0 Å². The molecule has 37 heavy (non-hydrogen) atoms. The number of nitrogens with one attached hydrogen (secondary N) is 1. The highest BCUT2D eigenvalue weighted by atomic mass is 16.5. The first-order valence-electron chi connectivity index (χ1n) is 13.7. The van der Waals surface area contributed by atoms with Gasteiger partial charge in [-0.1, -0.05) is 49.6 Å². The molecule has 2 fully saturated rings. The predicted molar refractivity (Wildman–Crippen MR) is 144 cm³/mol. The smallest absolute Gasteiger partial charge is 0.249 e. The van der Waals surface area contributed by atoms with Gasteiger partial charge in [0.15, 0.2) is 0 Å². The van der Waals surface area contributed by atoms with E-state index in [1.165, 1.54) is 10.5 Å². The fourth-order valence-electron chi connectivity index (χ4n) is 6.40. The van der Waals surface area contributed by atoms with Gasteiger partial charge in [0.05, 0.1) is 25.2 Å². The Kier molecular flexibility index (Phi) is 7.54. The third kappa shape index (κ3) is 4.99. The SMILES string of the molecule is C=C(C)[C@@H]1CC=C(C(O)C2C=CC3C(=O)N(C4CCCCC4)C(=O)C3N2Nc2ccc(OC)cc2)CC1. The molecule has 7 nitrogen and oxygen atoms in total. The van der Waals surface area contributed by atoms with Crippen molar-refractivity contribution in [2.75, 3.05) is 12.5 Å². The van der Waals surface area contributed by atoms with E-state index in [0.717, 1.165) is 68.4 Å². The van der Waals surface area contributed by atoms with Crippen LogP contribution in [-0.2, 0) is 9.59 Å². The van der Waals surface area contributed by atoms with Crippen LogP contribution in [0.1, 0.15) is 58.3 Å². The van der Waals surface area contributed by atoms with Gasteiger partial charge in [0.1, 0.15) is 11.8 Å². The lowest BCUT2D eigenvalue weighted by Crippen LogP contribution is -2.58. The first-order chi connectivity index (χ1) is 17.9. The number of benzene rings is 1. The second kappa shape index (κ2) is 10.8. The number of aliphatic hydroxyl groups is 1. The molecule has 2 aliphatic carbocycles. The number of fused-ring (bicyclic) bond motifs is 1.